The summed E-state index contributed by atoms with van der Waals surface area (Å²) >= 11 is 0. The quantitative estimate of drug-likeness (QED) is 0.805. The molecule has 0 bridgehead atoms. The van der Waals surface area contributed by atoms with Gasteiger partial charge in [0.1, 0.15) is 0 Å². The van der Waals surface area contributed by atoms with Crippen molar-refractivity contribution in [3.63, 3.8) is 0 Å². The van der Waals surface area contributed by atoms with E-state index in [1.54, 1.807) is 0 Å². The van der Waals surface area contributed by atoms with E-state index in [0.29, 0.717) is 24.6 Å². The molecule has 0 aromatic carbocycles. The Bertz CT molecular complexity index is 333. The molecule has 1 atom stereocenters. The first-order chi connectivity index (χ1) is 9.65. The summed E-state index contributed by atoms with van der Waals surface area (Å²) in [4.78, 5) is 13.7. The van der Waals surface area contributed by atoms with Gasteiger partial charge in [-0.25, -0.2) is 4.79 Å². The Labute approximate surface area is 122 Å². The van der Waals surface area contributed by atoms with Gasteiger partial charge in [0.15, 0.2) is 0 Å². The molecule has 114 valence electrons. The predicted molar refractivity (Wildman–Crippen MR) is 80.7 cm³/mol. The van der Waals surface area contributed by atoms with E-state index in [0.717, 1.165) is 25.9 Å². The molecule has 1 heterocycles. The lowest BCUT2D eigenvalue weighted by Crippen LogP contribution is -2.47. The maximum Gasteiger partial charge on any atom is 0.409 e. The second kappa shape index (κ2) is 7.67. The van der Waals surface area contributed by atoms with Crippen LogP contribution in [0.25, 0.3) is 0 Å². The third-order valence-corrected chi connectivity index (χ3v) is 4.00. The molecule has 1 amide bonds. The number of ether oxygens (including phenoxy) is 1. The molecule has 1 saturated heterocycles. The molecule has 0 aromatic rings. The van der Waals surface area contributed by atoms with E-state index in [2.05, 4.69) is 31.3 Å². The zero-order valence-corrected chi connectivity index (χ0v) is 12.8. The van der Waals surface area contributed by atoms with Crippen LogP contribution in [0.3, 0.4) is 0 Å². The summed E-state index contributed by atoms with van der Waals surface area (Å²) in [6, 6.07) is 1.07. The highest BCUT2D eigenvalue weighted by molar-refractivity contribution is 5.67. The number of carbonyl (C=O) groups excluding carboxylic acids is 1. The monoisotopic (exact) mass is 280 g/mol. The third-order valence-electron chi connectivity index (χ3n) is 4.00. The van der Waals surface area contributed by atoms with E-state index >= 15 is 0 Å². The van der Waals surface area contributed by atoms with Gasteiger partial charge in [0.2, 0.25) is 0 Å². The first kappa shape index (κ1) is 15.4. The van der Waals surface area contributed by atoms with Crippen molar-refractivity contribution in [2.75, 3.05) is 19.7 Å². The summed E-state index contributed by atoms with van der Waals surface area (Å²) in [5.74, 6) is 0.399. The van der Waals surface area contributed by atoms with Gasteiger partial charge in [-0.3, -0.25) is 0 Å². The molecule has 1 fully saturated rings. The SMILES string of the molecule is CC(C)COC(=O)N1CCC(N[C@@H]2C=CCCC2)CC1. The number of nitrogens with one attached hydrogen (secondary N) is 1. The highest BCUT2D eigenvalue weighted by atomic mass is 16.6. The van der Waals surface area contributed by atoms with Gasteiger partial charge in [-0.1, -0.05) is 26.0 Å². The normalized spacial score (nSPS) is 24.1. The first-order valence-corrected chi connectivity index (χ1v) is 7.99. The molecule has 4 nitrogen and oxygen atoms in total. The molecular weight excluding hydrogens is 252 g/mol. The van der Waals surface area contributed by atoms with Crippen molar-refractivity contribution in [2.24, 2.45) is 5.92 Å². The third kappa shape index (κ3) is 4.82. The number of nitrogens with zero attached hydrogens (tertiary/aromatic N) is 1. The van der Waals surface area contributed by atoms with Crippen LogP contribution >= 0.6 is 0 Å². The van der Waals surface area contributed by atoms with Crippen LogP contribution in [0.15, 0.2) is 12.2 Å². The Morgan fingerprint density at radius 3 is 2.70 bits per heavy atom. The Balaban J connectivity index is 1.67. The number of amides is 1. The summed E-state index contributed by atoms with van der Waals surface area (Å²) in [6.07, 6.45) is 10.2. The molecule has 20 heavy (non-hydrogen) atoms. The first-order valence-electron chi connectivity index (χ1n) is 7.99. The van der Waals surface area contributed by atoms with E-state index in [1.807, 2.05) is 4.90 Å². The van der Waals surface area contributed by atoms with Gasteiger partial charge in [-0.2, -0.15) is 0 Å². The minimum absolute atomic E-state index is 0.144. The Kier molecular flexibility index (Phi) is 5.89. The predicted octanol–water partition coefficient (Wildman–Crippen LogP) is 2.94. The van der Waals surface area contributed by atoms with E-state index in [9.17, 15) is 4.79 Å². The molecule has 0 spiro atoms. The fraction of sp³-hybridized carbons (Fsp3) is 0.812. The largest absolute Gasteiger partial charge is 0.449 e. The lowest BCUT2D eigenvalue weighted by molar-refractivity contribution is 0.0813. The number of allylic oxidation sites excluding steroid dienone is 1. The number of carbonyl (C=O) groups is 1. The molecule has 0 radical (unpaired) electrons. The van der Waals surface area contributed by atoms with Gasteiger partial charge in [-0.15, -0.1) is 0 Å². The van der Waals surface area contributed by atoms with Crippen molar-refractivity contribution in [2.45, 2.75) is 58.0 Å². The van der Waals surface area contributed by atoms with Gasteiger partial charge >= 0.3 is 6.09 Å². The standard InChI is InChI=1S/C16H28N2O2/c1-13(2)12-20-16(19)18-10-8-15(9-11-18)17-14-6-4-3-5-7-14/h4,6,13-15,17H,3,5,7-12H2,1-2H3/t14-/m1/s1. The summed E-state index contributed by atoms with van der Waals surface area (Å²) in [5.41, 5.74) is 0. The molecule has 2 aliphatic rings. The average Bonchev–Trinajstić information content (AvgIpc) is 2.46. The van der Waals surface area contributed by atoms with Crippen molar-refractivity contribution in [1.82, 2.24) is 10.2 Å². The second-order valence-electron chi connectivity index (χ2n) is 6.36. The van der Waals surface area contributed by atoms with Gasteiger partial charge in [0, 0.05) is 25.2 Å². The van der Waals surface area contributed by atoms with Crippen LogP contribution in [0.5, 0.6) is 0 Å². The zero-order chi connectivity index (χ0) is 14.4. The molecule has 1 aliphatic heterocycles. The number of piperidine rings is 1. The fourth-order valence-electron chi connectivity index (χ4n) is 2.81. The molecule has 2 rings (SSSR count). The summed E-state index contributed by atoms with van der Waals surface area (Å²) < 4.78 is 5.28. The number of likely N-dealkylation sites (tertiary alicyclic amines) is 1. The highest BCUT2D eigenvalue weighted by Gasteiger charge is 2.25. The van der Waals surface area contributed by atoms with E-state index in [4.69, 9.17) is 4.74 Å². The molecule has 1 N–H and O–H groups in total. The van der Waals surface area contributed by atoms with E-state index < -0.39 is 0 Å². The van der Waals surface area contributed by atoms with Crippen LogP contribution in [-0.2, 0) is 4.74 Å². The van der Waals surface area contributed by atoms with Crippen LogP contribution in [0.2, 0.25) is 0 Å². The van der Waals surface area contributed by atoms with Crippen molar-refractivity contribution in [3.8, 4) is 0 Å². The van der Waals surface area contributed by atoms with Crippen LogP contribution in [0.4, 0.5) is 4.79 Å². The lowest BCUT2D eigenvalue weighted by Gasteiger charge is -2.34. The van der Waals surface area contributed by atoms with Gasteiger partial charge in [0.25, 0.3) is 0 Å². The molecule has 4 heteroatoms. The van der Waals surface area contributed by atoms with E-state index in [1.165, 1.54) is 19.3 Å². The van der Waals surface area contributed by atoms with Crippen LogP contribution < -0.4 is 5.32 Å². The molecule has 0 aromatic heterocycles. The van der Waals surface area contributed by atoms with Crippen molar-refractivity contribution < 1.29 is 9.53 Å². The minimum atomic E-state index is -0.144. The molecule has 0 saturated carbocycles. The Hall–Kier alpha value is -1.03. The second-order valence-corrected chi connectivity index (χ2v) is 6.36. The van der Waals surface area contributed by atoms with Gasteiger partial charge in [0.05, 0.1) is 6.61 Å². The fourth-order valence-corrected chi connectivity index (χ4v) is 2.81. The lowest BCUT2D eigenvalue weighted by atomic mass is 9.99. The van der Waals surface area contributed by atoms with Crippen LogP contribution in [0, 0.1) is 5.92 Å². The molecule has 0 unspecified atom stereocenters. The topological polar surface area (TPSA) is 41.6 Å². The molecule has 1 aliphatic carbocycles. The Morgan fingerprint density at radius 2 is 2.10 bits per heavy atom. The van der Waals surface area contributed by atoms with E-state index in [-0.39, 0.29) is 6.09 Å². The maximum atomic E-state index is 11.9. The van der Waals surface area contributed by atoms with Gasteiger partial charge < -0.3 is 15.0 Å². The van der Waals surface area contributed by atoms with Crippen LogP contribution in [-0.4, -0.2) is 42.8 Å². The van der Waals surface area contributed by atoms with Crippen LogP contribution in [0.1, 0.15) is 46.0 Å². The molecular formula is C16H28N2O2. The van der Waals surface area contributed by atoms with Crippen molar-refractivity contribution >= 4 is 6.09 Å². The minimum Gasteiger partial charge on any atom is -0.449 e. The summed E-state index contributed by atoms with van der Waals surface area (Å²) in [6.45, 7) is 6.25. The number of hydrogen-bond donors (Lipinski definition) is 1. The van der Waals surface area contributed by atoms with Gasteiger partial charge in [-0.05, 0) is 38.0 Å². The average molecular weight is 280 g/mol. The zero-order valence-electron chi connectivity index (χ0n) is 12.8. The maximum absolute atomic E-state index is 11.9. The smallest absolute Gasteiger partial charge is 0.409 e. The number of hydrogen-bond acceptors (Lipinski definition) is 3. The number of rotatable bonds is 4. The Morgan fingerprint density at radius 1 is 1.35 bits per heavy atom. The van der Waals surface area contributed by atoms with Crippen molar-refractivity contribution in [3.05, 3.63) is 12.2 Å². The van der Waals surface area contributed by atoms with Crippen molar-refractivity contribution in [1.29, 1.82) is 0 Å². The summed E-state index contributed by atoms with van der Waals surface area (Å²) in [7, 11) is 0. The highest BCUT2D eigenvalue weighted by Crippen LogP contribution is 2.16. The summed E-state index contributed by atoms with van der Waals surface area (Å²) in [5, 5.41) is 3.70.